The minimum absolute atomic E-state index is 0.410. The minimum atomic E-state index is -0.615. The Morgan fingerprint density at radius 1 is 1.27 bits per heavy atom. The van der Waals surface area contributed by atoms with Crippen LogP contribution < -0.4 is 5.11 Å². The van der Waals surface area contributed by atoms with Crippen molar-refractivity contribution in [3.8, 4) is 0 Å². The number of benzene rings is 1. The summed E-state index contributed by atoms with van der Waals surface area (Å²) in [5, 5.41) is 10.5. The summed E-state index contributed by atoms with van der Waals surface area (Å²) in [5.41, 5.74) is -0.205. The molecule has 0 aliphatic heterocycles. The number of ketones is 1. The maximum absolute atomic E-state index is 10.9. The number of rotatable bonds is 2. The van der Waals surface area contributed by atoms with E-state index in [1.54, 1.807) is 30.3 Å². The molecule has 0 N–H and O–H groups in total. The fourth-order valence-electron chi connectivity index (χ4n) is 0.721. The van der Waals surface area contributed by atoms with Gasteiger partial charge >= 0.3 is 0 Å². The summed E-state index contributed by atoms with van der Waals surface area (Å²) in [4.78, 5) is 10.9. The lowest BCUT2D eigenvalue weighted by Crippen LogP contribution is -2.24. The van der Waals surface area contributed by atoms with Gasteiger partial charge in [-0.05, 0) is 0 Å². The topological polar surface area (TPSA) is 40.1 Å². The van der Waals surface area contributed by atoms with Crippen molar-refractivity contribution in [3.63, 3.8) is 0 Å². The Labute approximate surface area is 66.7 Å². The van der Waals surface area contributed by atoms with Crippen LogP contribution in [0.4, 0.5) is 0 Å². The third kappa shape index (κ3) is 1.97. The third-order valence-corrected chi connectivity index (χ3v) is 1.47. The first-order chi connectivity index (χ1) is 5.22. The summed E-state index contributed by atoms with van der Waals surface area (Å²) >= 11 is 0. The zero-order valence-corrected chi connectivity index (χ0v) is 6.70. The van der Waals surface area contributed by atoms with Crippen molar-refractivity contribution in [1.82, 2.24) is 0 Å². The van der Waals surface area contributed by atoms with Gasteiger partial charge in [0.2, 0.25) is 0 Å². The summed E-state index contributed by atoms with van der Waals surface area (Å²) in [6.07, 6.45) is 0. The molecule has 0 aliphatic carbocycles. The predicted octanol–water partition coefficient (Wildman–Crippen LogP) is 0.502. The van der Waals surface area contributed by atoms with Gasteiger partial charge < -0.3 is 5.11 Å². The molecule has 0 atom stereocenters. The molecule has 0 heterocycles. The molecule has 0 fully saturated rings. The molecular formula is C8H6O2P-. The van der Waals surface area contributed by atoms with E-state index in [4.69, 9.17) is 0 Å². The van der Waals surface area contributed by atoms with Crippen LogP contribution in [0.25, 0.3) is 0 Å². The fourth-order valence-corrected chi connectivity index (χ4v) is 0.865. The first kappa shape index (κ1) is 8.12. The van der Waals surface area contributed by atoms with Crippen LogP contribution in [0.5, 0.6) is 0 Å². The molecule has 0 radical (unpaired) electrons. The van der Waals surface area contributed by atoms with E-state index in [0.29, 0.717) is 5.56 Å². The molecule has 3 heteroatoms. The maximum atomic E-state index is 10.9. The highest BCUT2D eigenvalue weighted by molar-refractivity contribution is 7.24. The van der Waals surface area contributed by atoms with Crippen LogP contribution in [0, 0.1) is 0 Å². The van der Waals surface area contributed by atoms with Gasteiger partial charge in [0.25, 0.3) is 0 Å². The molecule has 56 valence electrons. The van der Waals surface area contributed by atoms with Gasteiger partial charge in [-0.1, -0.05) is 35.8 Å². The lowest BCUT2D eigenvalue weighted by molar-refractivity contribution is -0.205. The molecule has 0 saturated heterocycles. The standard InChI is InChI=1S/C8H7O2P/c9-7(8(10)11)6-4-2-1-3-5-6/h1-5,10-11H/p-1. The first-order valence-corrected chi connectivity index (χ1v) is 3.57. The molecule has 1 aromatic rings. The molecule has 0 saturated carbocycles. The van der Waals surface area contributed by atoms with Crippen molar-refractivity contribution < 1.29 is 9.90 Å². The minimum Gasteiger partial charge on any atom is -0.821 e. The molecule has 1 rings (SSSR count). The van der Waals surface area contributed by atoms with Crippen molar-refractivity contribution >= 4 is 20.1 Å². The van der Waals surface area contributed by atoms with Crippen molar-refractivity contribution in [1.29, 1.82) is 0 Å². The SMILES string of the molecule is O=C(C([O-])=P)c1ccccc1. The second kappa shape index (κ2) is 3.42. The number of hydrogen-bond acceptors (Lipinski definition) is 2. The second-order valence-electron chi connectivity index (χ2n) is 2.02. The molecule has 1 aromatic carbocycles. The lowest BCUT2D eigenvalue weighted by Gasteiger charge is -2.05. The Hall–Kier alpha value is -0.980. The van der Waals surface area contributed by atoms with Gasteiger partial charge in [0.05, 0.1) is 0 Å². The van der Waals surface area contributed by atoms with Gasteiger partial charge in [0.15, 0.2) is 5.78 Å². The average Bonchev–Trinajstić information content (AvgIpc) is 2.05. The van der Waals surface area contributed by atoms with E-state index in [0.717, 1.165) is 0 Å². The van der Waals surface area contributed by atoms with Crippen molar-refractivity contribution in [2.45, 2.75) is 0 Å². The molecule has 0 aliphatic rings. The average molecular weight is 165 g/mol. The Balaban J connectivity index is 2.95. The summed E-state index contributed by atoms with van der Waals surface area (Å²) in [5.74, 6) is -0.512. The molecule has 0 bridgehead atoms. The zero-order valence-electron chi connectivity index (χ0n) is 5.70. The van der Waals surface area contributed by atoms with E-state index in [-0.39, 0.29) is 0 Å². The van der Waals surface area contributed by atoms with E-state index >= 15 is 0 Å². The number of carbonyl (C=O) groups is 1. The van der Waals surface area contributed by atoms with Crippen molar-refractivity contribution in [3.05, 3.63) is 35.9 Å². The largest absolute Gasteiger partial charge is 0.821 e. The van der Waals surface area contributed by atoms with Gasteiger partial charge in [-0.2, -0.15) is 0 Å². The van der Waals surface area contributed by atoms with Gasteiger partial charge in [-0.3, -0.25) is 4.79 Å². The number of carbonyl (C=O) groups excluding carboxylic acids is 1. The van der Waals surface area contributed by atoms with E-state index in [9.17, 15) is 9.90 Å². The lowest BCUT2D eigenvalue weighted by atomic mass is 10.1. The van der Waals surface area contributed by atoms with E-state index in [2.05, 4.69) is 8.86 Å². The van der Waals surface area contributed by atoms with Crippen LogP contribution in [0.15, 0.2) is 30.3 Å². The molecule has 2 nitrogen and oxygen atoms in total. The van der Waals surface area contributed by atoms with Crippen molar-refractivity contribution in [2.24, 2.45) is 0 Å². The van der Waals surface area contributed by atoms with E-state index in [1.165, 1.54) is 0 Å². The Morgan fingerprint density at radius 2 is 1.82 bits per heavy atom. The van der Waals surface area contributed by atoms with Crippen LogP contribution in [0.3, 0.4) is 0 Å². The van der Waals surface area contributed by atoms with Gasteiger partial charge in [0, 0.05) is 5.56 Å². The second-order valence-corrected chi connectivity index (χ2v) is 2.48. The Morgan fingerprint density at radius 3 is 2.27 bits per heavy atom. The third-order valence-electron chi connectivity index (χ3n) is 1.24. The summed E-state index contributed by atoms with van der Waals surface area (Å²) in [6.45, 7) is 0. The summed E-state index contributed by atoms with van der Waals surface area (Å²) in [6, 6.07) is 8.40. The predicted molar refractivity (Wildman–Crippen MR) is 44.1 cm³/mol. The first-order valence-electron chi connectivity index (χ1n) is 3.07. The molecule has 0 aromatic heterocycles. The maximum Gasteiger partial charge on any atom is 0.176 e. The molecular weight excluding hydrogens is 159 g/mol. The van der Waals surface area contributed by atoms with Gasteiger partial charge in [0.1, 0.15) is 0 Å². The van der Waals surface area contributed by atoms with E-state index in [1.807, 2.05) is 0 Å². The Kier molecular flexibility index (Phi) is 2.53. The summed E-state index contributed by atoms with van der Waals surface area (Å²) < 4.78 is 0. The molecule has 11 heavy (non-hydrogen) atoms. The Bertz CT molecular complexity index is 279. The number of hydrogen-bond donors (Lipinski definition) is 0. The molecule has 0 spiro atoms. The quantitative estimate of drug-likeness (QED) is 0.473. The van der Waals surface area contributed by atoms with Crippen LogP contribution in [0.2, 0.25) is 0 Å². The number of Topliss-reactive ketones (excluding diaryl/α,β-unsaturated/α-hetero) is 1. The molecule has 0 unspecified atom stereocenters. The van der Waals surface area contributed by atoms with Crippen LogP contribution in [-0.2, 0) is 0 Å². The van der Waals surface area contributed by atoms with Crippen LogP contribution in [-0.4, -0.2) is 11.3 Å². The normalized spacial score (nSPS) is 9.18. The highest BCUT2D eigenvalue weighted by Crippen LogP contribution is 1.99. The van der Waals surface area contributed by atoms with Crippen LogP contribution >= 0.6 is 8.86 Å². The zero-order chi connectivity index (χ0) is 8.27. The van der Waals surface area contributed by atoms with Crippen molar-refractivity contribution in [2.75, 3.05) is 0 Å². The van der Waals surface area contributed by atoms with E-state index < -0.39 is 11.3 Å². The van der Waals surface area contributed by atoms with Gasteiger partial charge in [-0.15, -0.1) is 8.86 Å². The van der Waals surface area contributed by atoms with Gasteiger partial charge in [-0.25, -0.2) is 0 Å². The highest BCUT2D eigenvalue weighted by Gasteiger charge is 1.99. The monoisotopic (exact) mass is 165 g/mol. The smallest absolute Gasteiger partial charge is 0.176 e. The fraction of sp³-hybridized carbons (Fsp3) is 0. The molecule has 0 amide bonds. The highest BCUT2D eigenvalue weighted by atomic mass is 31.0. The van der Waals surface area contributed by atoms with Crippen LogP contribution in [0.1, 0.15) is 10.4 Å². The summed E-state index contributed by atoms with van der Waals surface area (Å²) in [7, 11) is 2.64.